The van der Waals surface area contributed by atoms with Crippen LogP contribution in [-0.2, 0) is 0 Å². The van der Waals surface area contributed by atoms with Gasteiger partial charge in [-0.1, -0.05) is 5.21 Å². The Labute approximate surface area is 161 Å². The number of likely N-dealkylation sites (tertiary alicyclic amines) is 1. The fraction of sp³-hybridized carbons (Fsp3) is 0.333. The number of pyridine rings is 1. The lowest BCUT2D eigenvalue weighted by atomic mass is 10.0. The maximum absolute atomic E-state index is 13.0. The summed E-state index contributed by atoms with van der Waals surface area (Å²) in [6.07, 6.45) is 10.0. The summed E-state index contributed by atoms with van der Waals surface area (Å²) >= 11 is 0. The zero-order valence-corrected chi connectivity index (χ0v) is 15.4. The van der Waals surface area contributed by atoms with Crippen LogP contribution in [0, 0.1) is 0 Å². The standard InChI is InChI=1S/C18H20N8O2/c1-19-17(27)16-4-7-25(22-16)14-3-2-6-24(12-14)18(28)13-9-15(11-20-10-13)26-8-5-21-23-26/h4-5,7-11,14H,2-3,6,12H2,1H3,(H,19,27). The van der Waals surface area contributed by atoms with E-state index >= 15 is 0 Å². The number of nitrogens with zero attached hydrogens (tertiary/aromatic N) is 7. The van der Waals surface area contributed by atoms with Gasteiger partial charge >= 0.3 is 0 Å². The molecular weight excluding hydrogens is 360 g/mol. The number of carbonyl (C=O) groups excluding carboxylic acids is 2. The number of hydrogen-bond acceptors (Lipinski definition) is 6. The minimum atomic E-state index is -0.224. The van der Waals surface area contributed by atoms with Crippen molar-refractivity contribution in [2.24, 2.45) is 0 Å². The van der Waals surface area contributed by atoms with Gasteiger partial charge < -0.3 is 10.2 Å². The zero-order valence-electron chi connectivity index (χ0n) is 15.4. The van der Waals surface area contributed by atoms with Crippen molar-refractivity contribution in [3.63, 3.8) is 0 Å². The SMILES string of the molecule is CNC(=O)c1ccn(C2CCCN(C(=O)c3cncc(-n4ccnn4)c3)C2)n1. The Bertz CT molecular complexity index is 981. The van der Waals surface area contributed by atoms with Crippen LogP contribution in [0.2, 0.25) is 0 Å². The maximum atomic E-state index is 13.0. The van der Waals surface area contributed by atoms with Crippen molar-refractivity contribution in [2.45, 2.75) is 18.9 Å². The molecule has 0 radical (unpaired) electrons. The summed E-state index contributed by atoms with van der Waals surface area (Å²) in [5, 5.41) is 14.6. The molecule has 10 heteroatoms. The van der Waals surface area contributed by atoms with Crippen molar-refractivity contribution >= 4 is 11.8 Å². The van der Waals surface area contributed by atoms with E-state index in [-0.39, 0.29) is 17.9 Å². The average molecular weight is 380 g/mol. The van der Waals surface area contributed by atoms with Gasteiger partial charge in [-0.3, -0.25) is 19.3 Å². The lowest BCUT2D eigenvalue weighted by Gasteiger charge is -2.33. The van der Waals surface area contributed by atoms with E-state index in [1.165, 1.54) is 0 Å². The van der Waals surface area contributed by atoms with E-state index in [4.69, 9.17) is 0 Å². The molecule has 28 heavy (non-hydrogen) atoms. The Balaban J connectivity index is 1.50. The quantitative estimate of drug-likeness (QED) is 0.713. The third-order valence-corrected chi connectivity index (χ3v) is 4.78. The Hall–Kier alpha value is -3.56. The highest BCUT2D eigenvalue weighted by molar-refractivity contribution is 5.94. The van der Waals surface area contributed by atoms with Crippen molar-refractivity contribution in [3.8, 4) is 5.69 Å². The molecule has 10 nitrogen and oxygen atoms in total. The molecule has 4 heterocycles. The van der Waals surface area contributed by atoms with Crippen LogP contribution in [-0.4, -0.2) is 66.6 Å². The highest BCUT2D eigenvalue weighted by Gasteiger charge is 2.27. The molecule has 0 bridgehead atoms. The van der Waals surface area contributed by atoms with Crippen LogP contribution in [0.5, 0.6) is 0 Å². The molecule has 0 aromatic carbocycles. The van der Waals surface area contributed by atoms with Crippen molar-refractivity contribution < 1.29 is 9.59 Å². The van der Waals surface area contributed by atoms with Crippen LogP contribution >= 0.6 is 0 Å². The van der Waals surface area contributed by atoms with E-state index in [2.05, 4.69) is 25.7 Å². The number of rotatable bonds is 4. The lowest BCUT2D eigenvalue weighted by molar-refractivity contribution is 0.0671. The molecule has 1 fully saturated rings. The highest BCUT2D eigenvalue weighted by atomic mass is 16.2. The average Bonchev–Trinajstić information content (AvgIpc) is 3.45. The highest BCUT2D eigenvalue weighted by Crippen LogP contribution is 2.23. The van der Waals surface area contributed by atoms with Crippen molar-refractivity contribution in [1.29, 1.82) is 0 Å². The van der Waals surface area contributed by atoms with Crippen molar-refractivity contribution in [1.82, 2.24) is 40.0 Å². The van der Waals surface area contributed by atoms with Crippen LogP contribution in [0.25, 0.3) is 5.69 Å². The molecule has 4 rings (SSSR count). The second-order valence-corrected chi connectivity index (χ2v) is 6.59. The van der Waals surface area contributed by atoms with E-state index in [0.717, 1.165) is 12.8 Å². The molecular formula is C18H20N8O2. The van der Waals surface area contributed by atoms with Crippen LogP contribution in [0.4, 0.5) is 0 Å². The Kier molecular flexibility index (Phi) is 4.83. The monoisotopic (exact) mass is 380 g/mol. The van der Waals surface area contributed by atoms with Gasteiger partial charge in [0.15, 0.2) is 0 Å². The third-order valence-electron chi connectivity index (χ3n) is 4.78. The van der Waals surface area contributed by atoms with Gasteiger partial charge in [-0.25, -0.2) is 4.68 Å². The molecule has 1 saturated heterocycles. The zero-order chi connectivity index (χ0) is 19.5. The summed E-state index contributed by atoms with van der Waals surface area (Å²) in [4.78, 5) is 30.7. The van der Waals surface area contributed by atoms with E-state index in [9.17, 15) is 9.59 Å². The van der Waals surface area contributed by atoms with Crippen LogP contribution in [0.1, 0.15) is 39.7 Å². The number of piperidine rings is 1. The predicted octanol–water partition coefficient (Wildman–Crippen LogP) is 0.696. The summed E-state index contributed by atoms with van der Waals surface area (Å²) in [7, 11) is 1.57. The van der Waals surface area contributed by atoms with Gasteiger partial charge in [0.25, 0.3) is 11.8 Å². The van der Waals surface area contributed by atoms with E-state index in [0.29, 0.717) is 30.0 Å². The summed E-state index contributed by atoms with van der Waals surface area (Å²) in [6.45, 7) is 1.20. The van der Waals surface area contributed by atoms with Crippen LogP contribution in [0.3, 0.4) is 0 Å². The number of amides is 2. The van der Waals surface area contributed by atoms with E-state index in [1.807, 2.05) is 0 Å². The molecule has 144 valence electrons. The molecule has 0 aliphatic carbocycles. The summed E-state index contributed by atoms with van der Waals surface area (Å²) in [5.74, 6) is -0.309. The van der Waals surface area contributed by atoms with Gasteiger partial charge in [-0.15, -0.1) is 5.10 Å². The third kappa shape index (κ3) is 3.48. The first-order valence-corrected chi connectivity index (χ1v) is 9.04. The van der Waals surface area contributed by atoms with E-state index < -0.39 is 0 Å². The topological polar surface area (TPSA) is 111 Å². The van der Waals surface area contributed by atoms with Crippen LogP contribution < -0.4 is 5.32 Å². The fourth-order valence-electron chi connectivity index (χ4n) is 3.34. The first-order valence-electron chi connectivity index (χ1n) is 9.04. The molecule has 3 aromatic rings. The summed E-state index contributed by atoms with van der Waals surface area (Å²) in [5.41, 5.74) is 1.55. The first-order chi connectivity index (χ1) is 13.7. The number of aromatic nitrogens is 6. The van der Waals surface area contributed by atoms with Gasteiger partial charge in [0.05, 0.1) is 35.9 Å². The van der Waals surface area contributed by atoms with Gasteiger partial charge in [-0.05, 0) is 25.0 Å². The number of nitrogens with one attached hydrogen (secondary N) is 1. The summed E-state index contributed by atoms with van der Waals surface area (Å²) in [6, 6.07) is 3.47. The Morgan fingerprint density at radius 1 is 1.25 bits per heavy atom. The minimum absolute atomic E-state index is 0.0302. The predicted molar refractivity (Wildman–Crippen MR) is 98.9 cm³/mol. The van der Waals surface area contributed by atoms with Gasteiger partial charge in [0, 0.05) is 32.5 Å². The molecule has 0 spiro atoms. The Morgan fingerprint density at radius 3 is 2.93 bits per heavy atom. The molecule has 1 atom stereocenters. The van der Waals surface area contributed by atoms with Gasteiger partial charge in [0.1, 0.15) is 5.69 Å². The minimum Gasteiger partial charge on any atom is -0.354 e. The summed E-state index contributed by atoms with van der Waals surface area (Å²) < 4.78 is 3.33. The maximum Gasteiger partial charge on any atom is 0.271 e. The molecule has 1 unspecified atom stereocenters. The lowest BCUT2D eigenvalue weighted by Crippen LogP contribution is -2.41. The largest absolute Gasteiger partial charge is 0.354 e. The molecule has 1 aliphatic heterocycles. The molecule has 2 amide bonds. The van der Waals surface area contributed by atoms with E-state index in [1.54, 1.807) is 64.4 Å². The first kappa shape index (κ1) is 17.8. The second-order valence-electron chi connectivity index (χ2n) is 6.59. The van der Waals surface area contributed by atoms with Gasteiger partial charge in [-0.2, -0.15) is 5.10 Å². The molecule has 0 saturated carbocycles. The smallest absolute Gasteiger partial charge is 0.271 e. The normalized spacial score (nSPS) is 16.8. The number of hydrogen-bond donors (Lipinski definition) is 1. The number of carbonyl (C=O) groups is 2. The Morgan fingerprint density at radius 2 is 2.14 bits per heavy atom. The van der Waals surface area contributed by atoms with Gasteiger partial charge in [0.2, 0.25) is 0 Å². The second kappa shape index (κ2) is 7.59. The molecule has 3 aromatic heterocycles. The van der Waals surface area contributed by atoms with Crippen molar-refractivity contribution in [3.05, 3.63) is 54.4 Å². The fourth-order valence-corrected chi connectivity index (χ4v) is 3.34. The molecule has 1 aliphatic rings. The van der Waals surface area contributed by atoms with Crippen molar-refractivity contribution in [2.75, 3.05) is 20.1 Å². The molecule has 1 N–H and O–H groups in total. The van der Waals surface area contributed by atoms with Crippen LogP contribution in [0.15, 0.2) is 43.1 Å².